The van der Waals surface area contributed by atoms with E-state index >= 15 is 0 Å². The zero-order valence-electron chi connectivity index (χ0n) is 9.41. The molecule has 0 amide bonds. The molecule has 1 aromatic carbocycles. The van der Waals surface area contributed by atoms with Gasteiger partial charge in [0.25, 0.3) is 0 Å². The molecule has 1 aromatic heterocycles. The van der Waals surface area contributed by atoms with Crippen LogP contribution in [0.5, 0.6) is 0 Å². The van der Waals surface area contributed by atoms with Gasteiger partial charge < -0.3 is 4.57 Å². The van der Waals surface area contributed by atoms with Crippen molar-refractivity contribution in [2.75, 3.05) is 0 Å². The van der Waals surface area contributed by atoms with Gasteiger partial charge in [0, 0.05) is 12.5 Å². The van der Waals surface area contributed by atoms with Crippen molar-refractivity contribution in [3.05, 3.63) is 47.3 Å². The molecule has 2 heterocycles. The highest BCUT2D eigenvalue weighted by Gasteiger charge is 2.25. The molecule has 0 saturated heterocycles. The van der Waals surface area contributed by atoms with E-state index in [9.17, 15) is 13.2 Å². The van der Waals surface area contributed by atoms with Crippen LogP contribution in [0.2, 0.25) is 0 Å². The molecule has 3 nitrogen and oxygen atoms in total. The molecule has 1 unspecified atom stereocenters. The van der Waals surface area contributed by atoms with Crippen LogP contribution in [0, 0.1) is 17.5 Å². The molecule has 6 heteroatoms. The molecule has 0 bridgehead atoms. The second kappa shape index (κ2) is 4.12. The number of rotatable bonds is 1. The molecule has 18 heavy (non-hydrogen) atoms. The van der Waals surface area contributed by atoms with Gasteiger partial charge in [-0.1, -0.05) is 0 Å². The standard InChI is InChI=1S/C12H10F3N3/c13-9-4-7(5-10(14)11(9)15)8-2-1-3-18-6-16-17-12(8)18/h4-6,8H,1-3H2. The molecular weight excluding hydrogens is 243 g/mol. The van der Waals surface area contributed by atoms with Gasteiger partial charge in [0.1, 0.15) is 12.2 Å². The molecule has 0 aliphatic carbocycles. The maximum atomic E-state index is 13.2. The van der Waals surface area contributed by atoms with Gasteiger partial charge in [-0.25, -0.2) is 13.2 Å². The number of hydrogen-bond donors (Lipinski definition) is 0. The second-order valence-corrected chi connectivity index (χ2v) is 4.38. The Hall–Kier alpha value is -1.85. The van der Waals surface area contributed by atoms with Gasteiger partial charge >= 0.3 is 0 Å². The fourth-order valence-electron chi connectivity index (χ4n) is 2.39. The largest absolute Gasteiger partial charge is 0.317 e. The van der Waals surface area contributed by atoms with Crippen molar-refractivity contribution in [2.24, 2.45) is 0 Å². The summed E-state index contributed by atoms with van der Waals surface area (Å²) in [5.74, 6) is -3.32. The lowest BCUT2D eigenvalue weighted by atomic mass is 9.91. The third kappa shape index (κ3) is 1.68. The Bertz CT molecular complexity index is 571. The van der Waals surface area contributed by atoms with E-state index in [1.165, 1.54) is 0 Å². The zero-order valence-corrected chi connectivity index (χ0v) is 9.41. The smallest absolute Gasteiger partial charge is 0.194 e. The molecule has 1 atom stereocenters. The second-order valence-electron chi connectivity index (χ2n) is 4.38. The normalized spacial score (nSPS) is 18.7. The Kier molecular flexibility index (Phi) is 2.57. The number of benzene rings is 1. The minimum atomic E-state index is -1.43. The molecule has 0 saturated carbocycles. The molecular formula is C12H10F3N3. The van der Waals surface area contributed by atoms with Crippen LogP contribution in [0.1, 0.15) is 30.1 Å². The van der Waals surface area contributed by atoms with Gasteiger partial charge in [-0.15, -0.1) is 10.2 Å². The summed E-state index contributed by atoms with van der Waals surface area (Å²) in [6.07, 6.45) is 3.19. The van der Waals surface area contributed by atoms with E-state index in [0.717, 1.165) is 31.5 Å². The van der Waals surface area contributed by atoms with Gasteiger partial charge in [-0.05, 0) is 30.5 Å². The predicted molar refractivity (Wildman–Crippen MR) is 57.4 cm³/mol. The van der Waals surface area contributed by atoms with Gasteiger partial charge in [0.2, 0.25) is 0 Å². The first-order valence-electron chi connectivity index (χ1n) is 5.69. The number of nitrogens with zero attached hydrogens (tertiary/aromatic N) is 3. The molecule has 0 radical (unpaired) electrons. The SMILES string of the molecule is Fc1cc(C2CCCn3cnnc32)cc(F)c1F. The summed E-state index contributed by atoms with van der Waals surface area (Å²) in [6, 6.07) is 2.07. The van der Waals surface area contributed by atoms with Crippen molar-refractivity contribution >= 4 is 0 Å². The molecule has 2 aromatic rings. The quantitative estimate of drug-likeness (QED) is 0.731. The summed E-state index contributed by atoms with van der Waals surface area (Å²) in [5, 5.41) is 7.76. The third-order valence-electron chi connectivity index (χ3n) is 3.26. The minimum absolute atomic E-state index is 0.231. The first-order chi connectivity index (χ1) is 8.66. The number of aryl methyl sites for hydroxylation is 1. The van der Waals surface area contributed by atoms with E-state index < -0.39 is 17.5 Å². The lowest BCUT2D eigenvalue weighted by Crippen LogP contribution is -2.17. The average molecular weight is 253 g/mol. The van der Waals surface area contributed by atoms with Gasteiger partial charge in [-0.2, -0.15) is 0 Å². The van der Waals surface area contributed by atoms with Crippen LogP contribution in [-0.2, 0) is 6.54 Å². The summed E-state index contributed by atoms with van der Waals surface area (Å²) in [7, 11) is 0. The summed E-state index contributed by atoms with van der Waals surface area (Å²) in [5.41, 5.74) is 0.403. The van der Waals surface area contributed by atoms with Crippen molar-refractivity contribution in [1.82, 2.24) is 14.8 Å². The molecule has 0 spiro atoms. The number of aromatic nitrogens is 3. The van der Waals surface area contributed by atoms with Crippen LogP contribution in [0.15, 0.2) is 18.5 Å². The first-order valence-corrected chi connectivity index (χ1v) is 5.69. The fraction of sp³-hybridized carbons (Fsp3) is 0.333. The van der Waals surface area contributed by atoms with E-state index in [2.05, 4.69) is 10.2 Å². The Balaban J connectivity index is 2.07. The zero-order chi connectivity index (χ0) is 12.7. The summed E-state index contributed by atoms with van der Waals surface area (Å²) >= 11 is 0. The first kappa shape index (κ1) is 11.3. The number of halogens is 3. The summed E-state index contributed by atoms with van der Waals surface area (Å²) in [6.45, 7) is 0.797. The maximum absolute atomic E-state index is 13.2. The fourth-order valence-corrected chi connectivity index (χ4v) is 2.39. The Morgan fingerprint density at radius 2 is 1.89 bits per heavy atom. The number of hydrogen-bond acceptors (Lipinski definition) is 2. The van der Waals surface area contributed by atoms with Crippen LogP contribution in [0.3, 0.4) is 0 Å². The van der Waals surface area contributed by atoms with Gasteiger partial charge in [0.15, 0.2) is 17.5 Å². The Morgan fingerprint density at radius 3 is 2.61 bits per heavy atom. The Morgan fingerprint density at radius 1 is 1.17 bits per heavy atom. The highest BCUT2D eigenvalue weighted by Crippen LogP contribution is 2.32. The molecule has 0 fully saturated rings. The van der Waals surface area contributed by atoms with Crippen molar-refractivity contribution in [2.45, 2.75) is 25.3 Å². The maximum Gasteiger partial charge on any atom is 0.194 e. The van der Waals surface area contributed by atoms with Crippen molar-refractivity contribution in [1.29, 1.82) is 0 Å². The van der Waals surface area contributed by atoms with Crippen molar-refractivity contribution in [3.63, 3.8) is 0 Å². The highest BCUT2D eigenvalue weighted by molar-refractivity contribution is 5.28. The average Bonchev–Trinajstić information content (AvgIpc) is 2.83. The van der Waals surface area contributed by atoms with Crippen molar-refractivity contribution in [3.8, 4) is 0 Å². The van der Waals surface area contributed by atoms with Crippen LogP contribution >= 0.6 is 0 Å². The third-order valence-corrected chi connectivity index (χ3v) is 3.26. The van der Waals surface area contributed by atoms with Gasteiger partial charge in [-0.3, -0.25) is 0 Å². The van der Waals surface area contributed by atoms with Crippen molar-refractivity contribution < 1.29 is 13.2 Å². The lowest BCUT2D eigenvalue weighted by molar-refractivity contribution is 0.437. The van der Waals surface area contributed by atoms with Gasteiger partial charge in [0.05, 0.1) is 0 Å². The highest BCUT2D eigenvalue weighted by atomic mass is 19.2. The van der Waals surface area contributed by atoms with E-state index in [0.29, 0.717) is 11.4 Å². The summed E-state index contributed by atoms with van der Waals surface area (Å²) < 4.78 is 41.3. The van der Waals surface area contributed by atoms with Crippen LogP contribution in [0.25, 0.3) is 0 Å². The molecule has 3 rings (SSSR count). The molecule has 1 aliphatic rings. The lowest BCUT2D eigenvalue weighted by Gasteiger charge is -2.22. The van der Waals surface area contributed by atoms with Crippen LogP contribution in [0.4, 0.5) is 13.2 Å². The number of fused-ring (bicyclic) bond motifs is 1. The monoisotopic (exact) mass is 253 g/mol. The predicted octanol–water partition coefficient (Wildman–Crippen LogP) is 2.62. The van der Waals surface area contributed by atoms with Crippen LogP contribution in [-0.4, -0.2) is 14.8 Å². The van der Waals surface area contributed by atoms with E-state index in [4.69, 9.17) is 0 Å². The Labute approximate surface area is 101 Å². The van der Waals surface area contributed by atoms with Crippen LogP contribution < -0.4 is 0 Å². The van der Waals surface area contributed by atoms with E-state index in [1.54, 1.807) is 6.33 Å². The molecule has 0 N–H and O–H groups in total. The molecule has 94 valence electrons. The minimum Gasteiger partial charge on any atom is -0.317 e. The van der Waals surface area contributed by atoms with E-state index in [-0.39, 0.29) is 5.92 Å². The topological polar surface area (TPSA) is 30.7 Å². The van der Waals surface area contributed by atoms with E-state index in [1.807, 2.05) is 4.57 Å². The summed E-state index contributed by atoms with van der Waals surface area (Å²) in [4.78, 5) is 0. The molecule has 1 aliphatic heterocycles.